The molecule has 0 saturated carbocycles. The van der Waals surface area contributed by atoms with Gasteiger partial charge in [-0.05, 0) is 61.2 Å². The summed E-state index contributed by atoms with van der Waals surface area (Å²) in [4.78, 5) is 26.3. The minimum Gasteiger partial charge on any atom is -0.448 e. The summed E-state index contributed by atoms with van der Waals surface area (Å²) in [6.45, 7) is 1.39. The molecular weight excluding hydrogens is 399 g/mol. The summed E-state index contributed by atoms with van der Waals surface area (Å²) in [6.07, 6.45) is 2.25. The molecule has 0 radical (unpaired) electrons. The Bertz CT molecular complexity index is 1160. The molecule has 1 N–H and O–H groups in total. The number of halogens is 1. The van der Waals surface area contributed by atoms with E-state index < -0.39 is 0 Å². The fraction of sp³-hybridized carbons (Fsp3) is 0.261. The van der Waals surface area contributed by atoms with Crippen molar-refractivity contribution in [3.63, 3.8) is 0 Å². The monoisotopic (exact) mass is 420 g/mol. The van der Waals surface area contributed by atoms with E-state index in [1.54, 1.807) is 27.8 Å². The Morgan fingerprint density at radius 1 is 1.16 bits per heavy atom. The van der Waals surface area contributed by atoms with Crippen molar-refractivity contribution in [2.75, 3.05) is 18.5 Å². The van der Waals surface area contributed by atoms with Crippen LogP contribution in [0.4, 0.5) is 14.9 Å². The van der Waals surface area contributed by atoms with Gasteiger partial charge in [-0.25, -0.2) is 13.9 Å². The Kier molecular flexibility index (Phi) is 4.89. The van der Waals surface area contributed by atoms with E-state index in [1.807, 2.05) is 18.2 Å². The second kappa shape index (κ2) is 7.86. The predicted octanol–water partition coefficient (Wildman–Crippen LogP) is 3.70. The van der Waals surface area contributed by atoms with E-state index in [0.717, 1.165) is 41.8 Å². The van der Waals surface area contributed by atoms with E-state index in [-0.39, 0.29) is 17.8 Å². The van der Waals surface area contributed by atoms with Gasteiger partial charge in [-0.3, -0.25) is 4.79 Å². The maximum absolute atomic E-state index is 13.3. The highest BCUT2D eigenvalue weighted by Crippen LogP contribution is 2.28. The first-order valence-electron chi connectivity index (χ1n) is 10.3. The smallest absolute Gasteiger partial charge is 0.410 e. The fourth-order valence-electron chi connectivity index (χ4n) is 4.14. The third-order valence-corrected chi connectivity index (χ3v) is 5.62. The zero-order chi connectivity index (χ0) is 21.4. The van der Waals surface area contributed by atoms with Crippen molar-refractivity contribution >= 4 is 17.7 Å². The average molecular weight is 420 g/mol. The Labute approximate surface area is 178 Å². The Morgan fingerprint density at radius 2 is 2.00 bits per heavy atom. The number of aromatic nitrogens is 2. The molecule has 31 heavy (non-hydrogen) atoms. The Balaban J connectivity index is 1.38. The van der Waals surface area contributed by atoms with Gasteiger partial charge < -0.3 is 15.0 Å². The summed E-state index contributed by atoms with van der Waals surface area (Å²) in [5.74, 6) is -0.593. The molecular formula is C23H21FN4O3. The van der Waals surface area contributed by atoms with E-state index in [1.165, 1.54) is 12.1 Å². The predicted molar refractivity (Wildman–Crippen MR) is 112 cm³/mol. The van der Waals surface area contributed by atoms with Crippen molar-refractivity contribution in [1.29, 1.82) is 0 Å². The molecule has 1 aromatic heterocycles. The van der Waals surface area contributed by atoms with Crippen molar-refractivity contribution in [1.82, 2.24) is 14.7 Å². The van der Waals surface area contributed by atoms with E-state index in [2.05, 4.69) is 10.4 Å². The minimum absolute atomic E-state index is 0.281. The van der Waals surface area contributed by atoms with E-state index in [4.69, 9.17) is 4.74 Å². The summed E-state index contributed by atoms with van der Waals surface area (Å²) in [5, 5.41) is 7.49. The maximum atomic E-state index is 13.3. The van der Waals surface area contributed by atoms with Crippen LogP contribution in [0, 0.1) is 5.82 Å². The summed E-state index contributed by atoms with van der Waals surface area (Å²) in [5.41, 5.74) is 4.61. The molecule has 5 rings (SSSR count). The van der Waals surface area contributed by atoms with Gasteiger partial charge in [-0.15, -0.1) is 0 Å². The summed E-state index contributed by atoms with van der Waals surface area (Å²) in [6, 6.07) is 13.5. The van der Waals surface area contributed by atoms with Crippen LogP contribution in [0.1, 0.15) is 33.7 Å². The number of fused-ring (bicyclic) bond motifs is 1. The molecule has 8 heteroatoms. The molecule has 2 amide bonds. The van der Waals surface area contributed by atoms with Gasteiger partial charge in [0.25, 0.3) is 5.91 Å². The normalized spacial score (nSPS) is 15.1. The highest BCUT2D eigenvalue weighted by Gasteiger charge is 2.27. The molecule has 1 saturated heterocycles. The number of anilines is 1. The molecule has 2 aromatic carbocycles. The number of benzene rings is 2. The van der Waals surface area contributed by atoms with Crippen molar-refractivity contribution in [3.8, 4) is 5.69 Å². The lowest BCUT2D eigenvalue weighted by Crippen LogP contribution is -2.23. The van der Waals surface area contributed by atoms with Crippen LogP contribution in [0.5, 0.6) is 0 Å². The van der Waals surface area contributed by atoms with Gasteiger partial charge in [0.15, 0.2) is 5.69 Å². The third-order valence-electron chi connectivity index (χ3n) is 5.62. The molecule has 1 aliphatic carbocycles. The number of nitrogens with one attached hydrogen (secondary N) is 1. The van der Waals surface area contributed by atoms with Crippen LogP contribution in [0.2, 0.25) is 0 Å². The molecule has 3 aromatic rings. The first-order chi connectivity index (χ1) is 15.1. The largest absolute Gasteiger partial charge is 0.448 e. The average Bonchev–Trinajstić information content (AvgIpc) is 3.47. The number of amides is 2. The number of carbonyl (C=O) groups excluding carboxylic acids is 2. The zero-order valence-corrected chi connectivity index (χ0v) is 16.8. The van der Waals surface area contributed by atoms with Crippen LogP contribution < -0.4 is 5.32 Å². The lowest BCUT2D eigenvalue weighted by Gasteiger charge is -2.13. The molecule has 2 aliphatic rings. The highest BCUT2D eigenvalue weighted by molar-refractivity contribution is 6.04. The fourth-order valence-corrected chi connectivity index (χ4v) is 4.14. The van der Waals surface area contributed by atoms with Crippen LogP contribution in [-0.2, 0) is 24.1 Å². The van der Waals surface area contributed by atoms with Gasteiger partial charge in [0.1, 0.15) is 12.4 Å². The number of rotatable bonds is 5. The van der Waals surface area contributed by atoms with Gasteiger partial charge in [-0.1, -0.05) is 12.1 Å². The quantitative estimate of drug-likeness (QED) is 0.683. The summed E-state index contributed by atoms with van der Waals surface area (Å²) < 4.78 is 20.0. The van der Waals surface area contributed by atoms with Crippen molar-refractivity contribution in [2.45, 2.75) is 25.8 Å². The van der Waals surface area contributed by atoms with Crippen LogP contribution in [0.25, 0.3) is 5.69 Å². The number of hydrogen-bond acceptors (Lipinski definition) is 4. The first-order valence-corrected chi connectivity index (χ1v) is 10.3. The number of nitrogens with zero attached hydrogens (tertiary/aromatic N) is 3. The lowest BCUT2D eigenvalue weighted by atomic mass is 10.1. The molecule has 0 atom stereocenters. The topological polar surface area (TPSA) is 76.5 Å². The van der Waals surface area contributed by atoms with Crippen molar-refractivity contribution < 1.29 is 18.7 Å². The van der Waals surface area contributed by atoms with E-state index in [0.29, 0.717) is 31.1 Å². The molecule has 7 nitrogen and oxygen atoms in total. The van der Waals surface area contributed by atoms with Crippen LogP contribution >= 0.6 is 0 Å². The first kappa shape index (κ1) is 19.3. The molecule has 1 aliphatic heterocycles. The lowest BCUT2D eigenvalue weighted by molar-refractivity contribution is 0.102. The van der Waals surface area contributed by atoms with Gasteiger partial charge in [-0.2, -0.15) is 5.10 Å². The molecule has 2 heterocycles. The SMILES string of the molecule is O=C(Nc1cccc(CN2CCOC2=O)c1)c1nn(-c2ccc(F)cc2)c2c1CCC2. The summed E-state index contributed by atoms with van der Waals surface area (Å²) >= 11 is 0. The second-order valence-corrected chi connectivity index (χ2v) is 7.71. The molecule has 158 valence electrons. The zero-order valence-electron chi connectivity index (χ0n) is 16.8. The number of hydrogen-bond donors (Lipinski definition) is 1. The number of carbonyl (C=O) groups is 2. The van der Waals surface area contributed by atoms with Crippen LogP contribution in [-0.4, -0.2) is 39.8 Å². The van der Waals surface area contributed by atoms with Gasteiger partial charge in [0, 0.05) is 23.5 Å². The Morgan fingerprint density at radius 3 is 2.77 bits per heavy atom. The second-order valence-electron chi connectivity index (χ2n) is 7.71. The van der Waals surface area contributed by atoms with Crippen molar-refractivity contribution in [2.24, 2.45) is 0 Å². The molecule has 0 unspecified atom stereocenters. The standard InChI is InChI=1S/C23H21FN4O3/c24-16-7-9-18(10-8-16)28-20-6-2-5-19(20)21(26-28)22(29)25-17-4-1-3-15(13-17)14-27-11-12-31-23(27)30/h1,3-4,7-10,13H,2,5-6,11-12,14H2,(H,25,29). The molecule has 1 fully saturated rings. The van der Waals surface area contributed by atoms with Gasteiger partial charge in [0.05, 0.1) is 12.2 Å². The minimum atomic E-state index is -0.323. The third kappa shape index (κ3) is 3.76. The molecule has 0 bridgehead atoms. The molecule has 0 spiro atoms. The summed E-state index contributed by atoms with van der Waals surface area (Å²) in [7, 11) is 0. The highest BCUT2D eigenvalue weighted by atomic mass is 19.1. The van der Waals surface area contributed by atoms with Crippen LogP contribution in [0.15, 0.2) is 48.5 Å². The maximum Gasteiger partial charge on any atom is 0.410 e. The van der Waals surface area contributed by atoms with Crippen molar-refractivity contribution in [3.05, 3.63) is 76.9 Å². The van der Waals surface area contributed by atoms with E-state index in [9.17, 15) is 14.0 Å². The van der Waals surface area contributed by atoms with Crippen LogP contribution in [0.3, 0.4) is 0 Å². The number of ether oxygens (including phenoxy) is 1. The van der Waals surface area contributed by atoms with E-state index >= 15 is 0 Å². The number of cyclic esters (lactones) is 1. The Hall–Kier alpha value is -3.68. The van der Waals surface area contributed by atoms with Gasteiger partial charge in [0.2, 0.25) is 0 Å². The van der Waals surface area contributed by atoms with Gasteiger partial charge >= 0.3 is 6.09 Å².